The molecule has 1 atom stereocenters. The summed E-state index contributed by atoms with van der Waals surface area (Å²) in [6.07, 6.45) is 4.16. The Labute approximate surface area is 152 Å². The monoisotopic (exact) mass is 352 g/mol. The van der Waals surface area contributed by atoms with E-state index in [1.807, 2.05) is 43.3 Å². The third-order valence-corrected chi connectivity index (χ3v) is 4.42. The molecule has 0 N–H and O–H groups in total. The summed E-state index contributed by atoms with van der Waals surface area (Å²) in [4.78, 5) is 18.6. The van der Waals surface area contributed by atoms with Crippen LogP contribution in [0.5, 0.6) is 17.4 Å². The number of aryl methyl sites for hydroxylation is 1. The Morgan fingerprint density at radius 1 is 1.27 bits per heavy atom. The summed E-state index contributed by atoms with van der Waals surface area (Å²) in [5, 5.41) is 0. The van der Waals surface area contributed by atoms with Crippen LogP contribution in [0.3, 0.4) is 0 Å². The Morgan fingerprint density at radius 3 is 3.04 bits per heavy atom. The molecule has 6 nitrogen and oxygen atoms in total. The lowest BCUT2D eigenvalue weighted by atomic mass is 10.2. The van der Waals surface area contributed by atoms with Crippen molar-refractivity contribution in [3.8, 4) is 17.4 Å². The van der Waals surface area contributed by atoms with Crippen LogP contribution in [0.25, 0.3) is 6.08 Å². The lowest BCUT2D eigenvalue weighted by molar-refractivity contribution is -0.125. The number of ether oxygens (including phenoxy) is 3. The molecule has 6 heteroatoms. The van der Waals surface area contributed by atoms with Crippen molar-refractivity contribution < 1.29 is 19.0 Å². The third kappa shape index (κ3) is 3.64. The van der Waals surface area contributed by atoms with Gasteiger partial charge in [0.2, 0.25) is 18.6 Å². The van der Waals surface area contributed by atoms with Crippen LogP contribution in [-0.2, 0) is 4.79 Å². The number of aromatic nitrogens is 1. The molecular formula is C20H20N2O4. The highest BCUT2D eigenvalue weighted by Crippen LogP contribution is 2.32. The maximum atomic E-state index is 12.4. The van der Waals surface area contributed by atoms with Crippen molar-refractivity contribution in [2.75, 3.05) is 19.9 Å². The summed E-state index contributed by atoms with van der Waals surface area (Å²) < 4.78 is 16.5. The highest BCUT2D eigenvalue weighted by Gasteiger charge is 2.26. The van der Waals surface area contributed by atoms with Gasteiger partial charge >= 0.3 is 0 Å². The van der Waals surface area contributed by atoms with Crippen molar-refractivity contribution in [3.05, 3.63) is 53.7 Å². The Balaban J connectivity index is 1.34. The Hall–Kier alpha value is -3.02. The average Bonchev–Trinajstić information content (AvgIpc) is 3.28. The van der Waals surface area contributed by atoms with E-state index in [4.69, 9.17) is 14.2 Å². The quantitative estimate of drug-likeness (QED) is 0.792. The Bertz CT molecular complexity index is 849. The van der Waals surface area contributed by atoms with Crippen molar-refractivity contribution >= 4 is 12.0 Å². The number of nitrogens with zero attached hydrogens (tertiary/aromatic N) is 2. The molecule has 1 aromatic heterocycles. The summed E-state index contributed by atoms with van der Waals surface area (Å²) in [6.45, 7) is 3.42. The highest BCUT2D eigenvalue weighted by atomic mass is 16.7. The molecule has 0 bridgehead atoms. The number of pyridine rings is 1. The molecule has 4 rings (SSSR count). The van der Waals surface area contributed by atoms with Gasteiger partial charge in [-0.2, -0.15) is 0 Å². The van der Waals surface area contributed by atoms with Gasteiger partial charge in [-0.1, -0.05) is 12.1 Å². The predicted octanol–water partition coefficient (Wildman–Crippen LogP) is 2.81. The predicted molar refractivity (Wildman–Crippen MR) is 96.2 cm³/mol. The largest absolute Gasteiger partial charge is 0.472 e. The zero-order chi connectivity index (χ0) is 17.9. The first-order valence-electron chi connectivity index (χ1n) is 8.64. The molecule has 0 aliphatic carbocycles. The summed E-state index contributed by atoms with van der Waals surface area (Å²) >= 11 is 0. The number of amides is 1. The number of likely N-dealkylation sites (tertiary alicyclic amines) is 1. The van der Waals surface area contributed by atoms with E-state index in [2.05, 4.69) is 4.98 Å². The van der Waals surface area contributed by atoms with Gasteiger partial charge in [-0.15, -0.1) is 0 Å². The van der Waals surface area contributed by atoms with E-state index in [1.165, 1.54) is 0 Å². The van der Waals surface area contributed by atoms with Gasteiger partial charge in [0, 0.05) is 30.8 Å². The van der Waals surface area contributed by atoms with E-state index >= 15 is 0 Å². The molecule has 134 valence electrons. The zero-order valence-electron chi connectivity index (χ0n) is 14.6. The first-order valence-corrected chi connectivity index (χ1v) is 8.64. The van der Waals surface area contributed by atoms with Crippen molar-refractivity contribution in [3.63, 3.8) is 0 Å². The summed E-state index contributed by atoms with van der Waals surface area (Å²) in [6, 6.07) is 11.3. The second kappa shape index (κ2) is 7.07. The number of benzene rings is 1. The van der Waals surface area contributed by atoms with Gasteiger partial charge in [0.15, 0.2) is 11.5 Å². The number of hydrogen-bond donors (Lipinski definition) is 0. The first-order chi connectivity index (χ1) is 12.7. The van der Waals surface area contributed by atoms with Gasteiger partial charge in [0.25, 0.3) is 0 Å². The molecule has 1 saturated heterocycles. The van der Waals surface area contributed by atoms with Gasteiger partial charge in [0.05, 0.1) is 6.54 Å². The SMILES string of the molecule is Cc1cccc(OC2CCN(C(=O)/C=C/c3ccc4c(c3)OCO4)C2)n1. The van der Waals surface area contributed by atoms with Gasteiger partial charge in [-0.25, -0.2) is 4.98 Å². The van der Waals surface area contributed by atoms with Gasteiger partial charge in [-0.05, 0) is 36.8 Å². The van der Waals surface area contributed by atoms with Crippen LogP contribution in [0.4, 0.5) is 0 Å². The molecule has 1 aromatic carbocycles. The lowest BCUT2D eigenvalue weighted by Gasteiger charge is -2.15. The maximum absolute atomic E-state index is 12.4. The van der Waals surface area contributed by atoms with Crippen LogP contribution in [-0.4, -0.2) is 41.8 Å². The molecule has 3 heterocycles. The summed E-state index contributed by atoms with van der Waals surface area (Å²) in [5.74, 6) is 2.03. The van der Waals surface area contributed by atoms with Gasteiger partial charge in [-0.3, -0.25) is 4.79 Å². The van der Waals surface area contributed by atoms with Crippen LogP contribution >= 0.6 is 0 Å². The normalized spacial score (nSPS) is 18.5. The van der Waals surface area contributed by atoms with Crippen LogP contribution in [0.15, 0.2) is 42.5 Å². The minimum absolute atomic E-state index is 0.0211. The molecule has 1 unspecified atom stereocenters. The minimum Gasteiger partial charge on any atom is -0.472 e. The van der Waals surface area contributed by atoms with E-state index in [9.17, 15) is 4.79 Å². The first kappa shape index (κ1) is 16.4. The molecule has 1 amide bonds. The molecule has 0 spiro atoms. The van der Waals surface area contributed by atoms with E-state index in [0.29, 0.717) is 24.7 Å². The van der Waals surface area contributed by atoms with Crippen molar-refractivity contribution in [1.82, 2.24) is 9.88 Å². The van der Waals surface area contributed by atoms with Gasteiger partial charge in [0.1, 0.15) is 6.10 Å². The third-order valence-electron chi connectivity index (χ3n) is 4.42. The van der Waals surface area contributed by atoms with Crippen molar-refractivity contribution in [2.24, 2.45) is 0 Å². The maximum Gasteiger partial charge on any atom is 0.246 e. The molecule has 0 saturated carbocycles. The van der Waals surface area contributed by atoms with Crippen molar-refractivity contribution in [2.45, 2.75) is 19.4 Å². The van der Waals surface area contributed by atoms with Crippen LogP contribution in [0.1, 0.15) is 17.7 Å². The standard InChI is InChI=1S/C20H20N2O4/c1-14-3-2-4-19(21-14)26-16-9-10-22(12-16)20(23)8-6-15-5-7-17-18(11-15)25-13-24-17/h2-8,11,16H,9-10,12-13H2,1H3/b8-6+. The van der Waals surface area contributed by atoms with Crippen molar-refractivity contribution in [1.29, 1.82) is 0 Å². The lowest BCUT2D eigenvalue weighted by Crippen LogP contribution is -2.29. The van der Waals surface area contributed by atoms with Crippen LogP contribution in [0, 0.1) is 6.92 Å². The second-order valence-corrected chi connectivity index (χ2v) is 6.38. The minimum atomic E-state index is -0.0223. The number of hydrogen-bond acceptors (Lipinski definition) is 5. The molecular weight excluding hydrogens is 332 g/mol. The molecule has 2 aromatic rings. The smallest absolute Gasteiger partial charge is 0.246 e. The Morgan fingerprint density at radius 2 is 2.15 bits per heavy atom. The van der Waals surface area contributed by atoms with E-state index < -0.39 is 0 Å². The van der Waals surface area contributed by atoms with E-state index in [0.717, 1.165) is 23.4 Å². The fourth-order valence-electron chi connectivity index (χ4n) is 3.07. The number of fused-ring (bicyclic) bond motifs is 1. The zero-order valence-corrected chi connectivity index (χ0v) is 14.6. The molecule has 0 radical (unpaired) electrons. The summed E-state index contributed by atoms with van der Waals surface area (Å²) in [7, 11) is 0. The topological polar surface area (TPSA) is 60.9 Å². The fourth-order valence-corrected chi connectivity index (χ4v) is 3.07. The Kier molecular flexibility index (Phi) is 4.48. The number of carbonyl (C=O) groups is 1. The fraction of sp³-hybridized carbons (Fsp3) is 0.300. The molecule has 2 aliphatic heterocycles. The number of carbonyl (C=O) groups excluding carboxylic acids is 1. The molecule has 1 fully saturated rings. The molecule has 2 aliphatic rings. The van der Waals surface area contributed by atoms with Crippen LogP contribution in [0.2, 0.25) is 0 Å². The van der Waals surface area contributed by atoms with Crippen LogP contribution < -0.4 is 14.2 Å². The van der Waals surface area contributed by atoms with Gasteiger partial charge < -0.3 is 19.1 Å². The average molecular weight is 352 g/mol. The van der Waals surface area contributed by atoms with E-state index in [1.54, 1.807) is 17.1 Å². The number of rotatable bonds is 4. The van der Waals surface area contributed by atoms with E-state index in [-0.39, 0.29) is 18.8 Å². The summed E-state index contributed by atoms with van der Waals surface area (Å²) in [5.41, 5.74) is 1.82. The highest BCUT2D eigenvalue weighted by molar-refractivity contribution is 5.92. The second-order valence-electron chi connectivity index (χ2n) is 6.38. The molecule has 26 heavy (non-hydrogen) atoms.